The molecule has 2 heterocycles. The van der Waals surface area contributed by atoms with Crippen molar-refractivity contribution >= 4 is 45.0 Å². The third-order valence-electron chi connectivity index (χ3n) is 9.29. The van der Waals surface area contributed by atoms with Crippen molar-refractivity contribution in [2.45, 2.75) is 89.6 Å². The molecule has 4 N–H and O–H groups in total. The highest BCUT2D eigenvalue weighted by Gasteiger charge is 2.46. The Balaban J connectivity index is 1.24. The molecule has 5 rings (SSSR count). The molecule has 1 aromatic heterocycles. The van der Waals surface area contributed by atoms with Crippen LogP contribution in [0.4, 0.5) is 18.9 Å². The normalized spacial score (nSPS) is 22.2. The Labute approximate surface area is 275 Å². The highest BCUT2D eigenvalue weighted by atomic mass is 32.1. The first kappa shape index (κ1) is 34.5. The smallest absolute Gasteiger partial charge is 0.416 e. The van der Waals surface area contributed by atoms with Gasteiger partial charge in [-0.3, -0.25) is 14.4 Å². The van der Waals surface area contributed by atoms with Crippen LogP contribution in [-0.2, 0) is 20.6 Å². The Morgan fingerprint density at radius 2 is 1.85 bits per heavy atom. The molecular weight excluding hydrogens is 633 g/mol. The number of aryl methyl sites for hydroxylation is 1. The predicted octanol–water partition coefficient (Wildman–Crippen LogP) is 6.64. The van der Waals surface area contributed by atoms with E-state index < -0.39 is 47.7 Å². The second-order valence-electron chi connectivity index (χ2n) is 12.9. The molecule has 13 heteroatoms. The Kier molecular flexibility index (Phi) is 10.6. The number of alkyl halides is 3. The number of anilines is 1. The summed E-state index contributed by atoms with van der Waals surface area (Å²) in [6.07, 6.45) is 0.283. The number of aromatic nitrogens is 1. The van der Waals surface area contributed by atoms with Crippen molar-refractivity contribution < 1.29 is 37.4 Å². The van der Waals surface area contributed by atoms with Crippen LogP contribution < -0.4 is 15.8 Å². The fourth-order valence-electron chi connectivity index (χ4n) is 6.55. The first-order valence-electron chi connectivity index (χ1n) is 16.1. The number of fused-ring (bicyclic) bond motifs is 1. The van der Waals surface area contributed by atoms with Crippen molar-refractivity contribution in [1.82, 2.24) is 9.88 Å². The van der Waals surface area contributed by atoms with Gasteiger partial charge in [0.2, 0.25) is 11.8 Å². The number of carboxylic acids is 1. The number of hydrogen-bond donors (Lipinski definition) is 3. The molecule has 1 aliphatic carbocycles. The van der Waals surface area contributed by atoms with Crippen LogP contribution in [0, 0.1) is 24.7 Å². The van der Waals surface area contributed by atoms with Gasteiger partial charge in [-0.15, -0.1) is 0 Å². The zero-order chi connectivity index (χ0) is 33.9. The molecule has 1 saturated heterocycles. The summed E-state index contributed by atoms with van der Waals surface area (Å²) >= 11 is 1.37. The number of nitrogens with one attached hydrogen (secondary N) is 1. The zero-order valence-corrected chi connectivity index (χ0v) is 27.3. The van der Waals surface area contributed by atoms with Gasteiger partial charge in [-0.1, -0.05) is 62.5 Å². The second-order valence-corrected chi connectivity index (χ2v) is 13.9. The minimum atomic E-state index is -4.55. The summed E-state index contributed by atoms with van der Waals surface area (Å²) in [5.74, 6) is -1.51. The second kappa shape index (κ2) is 14.5. The molecule has 0 radical (unpaired) electrons. The number of hydrogen-bond acceptors (Lipinski definition) is 7. The number of unbranched alkanes of at least 4 members (excludes halogenated alkanes) is 3. The molecule has 2 aliphatic rings. The van der Waals surface area contributed by atoms with E-state index in [1.807, 2.05) is 25.1 Å². The number of likely N-dealkylation sites (tertiary alicyclic amines) is 1. The number of carbonyl (C=O) groups is 3. The molecule has 0 spiro atoms. The Morgan fingerprint density at radius 1 is 1.11 bits per heavy atom. The molecular formula is C34H41F3N4O5S. The maximum Gasteiger partial charge on any atom is 0.416 e. The highest BCUT2D eigenvalue weighted by Crippen LogP contribution is 2.46. The first-order chi connectivity index (χ1) is 22.3. The Bertz CT molecular complexity index is 1600. The third-order valence-corrected chi connectivity index (χ3v) is 10.2. The minimum Gasteiger partial charge on any atom is -0.481 e. The molecule has 254 valence electrons. The topological polar surface area (TPSA) is 135 Å². The van der Waals surface area contributed by atoms with Crippen LogP contribution in [-0.4, -0.2) is 57.5 Å². The number of carboxylic acid groups (broad SMARTS) is 1. The fourth-order valence-corrected chi connectivity index (χ4v) is 7.53. The lowest BCUT2D eigenvalue weighted by atomic mass is 9.96. The van der Waals surface area contributed by atoms with Crippen LogP contribution in [0.5, 0.6) is 5.19 Å². The van der Waals surface area contributed by atoms with Crippen LogP contribution in [0.2, 0.25) is 0 Å². The zero-order valence-electron chi connectivity index (χ0n) is 26.5. The van der Waals surface area contributed by atoms with Crippen molar-refractivity contribution in [3.63, 3.8) is 0 Å². The quantitative estimate of drug-likeness (QED) is 0.154. The molecule has 2 aromatic carbocycles. The van der Waals surface area contributed by atoms with Gasteiger partial charge in [0.05, 0.1) is 28.2 Å². The maximum atomic E-state index is 14.0. The van der Waals surface area contributed by atoms with Crippen molar-refractivity contribution in [1.29, 1.82) is 0 Å². The van der Waals surface area contributed by atoms with Gasteiger partial charge in [0.25, 0.3) is 5.19 Å². The van der Waals surface area contributed by atoms with E-state index in [2.05, 4.69) is 17.2 Å². The van der Waals surface area contributed by atoms with Gasteiger partial charge in [-0.05, 0) is 67.5 Å². The van der Waals surface area contributed by atoms with Crippen LogP contribution in [0.25, 0.3) is 10.2 Å². The summed E-state index contributed by atoms with van der Waals surface area (Å²) in [6, 6.07) is 8.73. The maximum absolute atomic E-state index is 14.0. The largest absolute Gasteiger partial charge is 0.481 e. The van der Waals surface area contributed by atoms with Crippen LogP contribution in [0.15, 0.2) is 42.5 Å². The number of ether oxygens (including phenoxy) is 1. The summed E-state index contributed by atoms with van der Waals surface area (Å²) in [5, 5.41) is 12.6. The molecule has 47 heavy (non-hydrogen) atoms. The van der Waals surface area contributed by atoms with E-state index in [1.165, 1.54) is 28.4 Å². The Morgan fingerprint density at radius 3 is 2.53 bits per heavy atom. The van der Waals surface area contributed by atoms with Crippen LogP contribution in [0.3, 0.4) is 0 Å². The molecule has 2 fully saturated rings. The number of nitrogens with two attached hydrogens (primary N) is 1. The number of primary amides is 1. The van der Waals surface area contributed by atoms with E-state index in [0.29, 0.717) is 24.0 Å². The van der Waals surface area contributed by atoms with E-state index in [-0.39, 0.29) is 30.5 Å². The number of carbonyl (C=O) groups excluding carboxylic acids is 2. The number of thiazole rings is 1. The lowest BCUT2D eigenvalue weighted by molar-refractivity contribution is -0.139. The monoisotopic (exact) mass is 674 g/mol. The van der Waals surface area contributed by atoms with E-state index in [1.54, 1.807) is 0 Å². The average molecular weight is 675 g/mol. The van der Waals surface area contributed by atoms with E-state index in [9.17, 15) is 32.7 Å². The van der Waals surface area contributed by atoms with Gasteiger partial charge in [0.1, 0.15) is 18.2 Å². The molecule has 6 atom stereocenters. The number of halogens is 3. The summed E-state index contributed by atoms with van der Waals surface area (Å²) in [7, 11) is 0. The van der Waals surface area contributed by atoms with Gasteiger partial charge in [0, 0.05) is 12.1 Å². The summed E-state index contributed by atoms with van der Waals surface area (Å²) in [4.78, 5) is 43.6. The van der Waals surface area contributed by atoms with Crippen molar-refractivity contribution in [3.05, 3.63) is 53.6 Å². The van der Waals surface area contributed by atoms with Gasteiger partial charge >= 0.3 is 12.1 Å². The van der Waals surface area contributed by atoms with Crippen LogP contribution in [0.1, 0.15) is 69.4 Å². The molecule has 3 aromatic rings. The van der Waals surface area contributed by atoms with Gasteiger partial charge in [-0.25, -0.2) is 4.98 Å². The average Bonchev–Trinajstić information content (AvgIpc) is 3.57. The third kappa shape index (κ3) is 8.74. The lowest BCUT2D eigenvalue weighted by Crippen LogP contribution is -2.49. The number of nitrogens with zero attached hydrogens (tertiary/aromatic N) is 2. The lowest BCUT2D eigenvalue weighted by Gasteiger charge is -2.28. The minimum absolute atomic E-state index is 0.0819. The summed E-state index contributed by atoms with van der Waals surface area (Å²) < 4.78 is 47.4. The van der Waals surface area contributed by atoms with E-state index in [4.69, 9.17) is 10.5 Å². The van der Waals surface area contributed by atoms with Crippen molar-refractivity contribution in [2.75, 3.05) is 11.9 Å². The van der Waals surface area contributed by atoms with Crippen LogP contribution >= 0.6 is 11.3 Å². The molecule has 2 amide bonds. The van der Waals surface area contributed by atoms with Gasteiger partial charge in [-0.2, -0.15) is 13.2 Å². The molecule has 1 saturated carbocycles. The summed E-state index contributed by atoms with van der Waals surface area (Å²) in [6.45, 7) is 4.15. The fraction of sp³-hybridized carbons (Fsp3) is 0.529. The molecule has 0 bridgehead atoms. The van der Waals surface area contributed by atoms with Crippen molar-refractivity contribution in [3.8, 4) is 5.19 Å². The van der Waals surface area contributed by atoms with E-state index in [0.717, 1.165) is 60.0 Å². The highest BCUT2D eigenvalue weighted by molar-refractivity contribution is 7.20. The molecule has 1 aliphatic heterocycles. The summed E-state index contributed by atoms with van der Waals surface area (Å²) in [5.41, 5.74) is 6.91. The number of rotatable bonds is 15. The van der Waals surface area contributed by atoms with Crippen molar-refractivity contribution in [2.24, 2.45) is 23.5 Å². The molecule has 9 nitrogen and oxygen atoms in total. The first-order valence-corrected chi connectivity index (χ1v) is 16.9. The van der Waals surface area contributed by atoms with Gasteiger partial charge in [0.15, 0.2) is 0 Å². The van der Waals surface area contributed by atoms with Gasteiger partial charge < -0.3 is 25.8 Å². The standard InChI is InChI=1S/C34H41F3N4O5S/c1-19-12-13-26-29(14-19)47-33(40-26)46-23-16-28(30(38)42)41(18-23)31(43)27(39-22-10-7-9-21(15-22)34(35,36)37)11-6-4-3-5-8-20(2)24-17-25(24)32(44)45/h7,9-10,12-15,20,23-25,27-28,39H,3-6,8,11,16-18H2,1-2H3,(H2,38,42)(H,44,45)/t20?,23?,24-,25-,27?,28-/m0/s1. The number of aliphatic carboxylic acids is 1. The predicted molar refractivity (Wildman–Crippen MR) is 173 cm³/mol. The Hall–Kier alpha value is -3.87. The molecule has 3 unspecified atom stereocenters. The number of benzene rings is 2. The number of amides is 2. The van der Waals surface area contributed by atoms with E-state index >= 15 is 0 Å². The SMILES string of the molecule is Cc1ccc2nc(OC3C[C@@H](C(N)=O)N(C(=O)C(CCCCCCC(C)[C@@H]4C[C@@H]4C(=O)O)Nc4cccc(C(F)(F)F)c4)C3)sc2c1.